The van der Waals surface area contributed by atoms with Crippen LogP contribution in [0.15, 0.2) is 11.8 Å². The van der Waals surface area contributed by atoms with Crippen molar-refractivity contribution in [2.75, 3.05) is 5.88 Å². The molecule has 0 bridgehead atoms. The SMILES string of the molecule is CC/C(=C/CC(CC)CC)OC(=O)CCl. The molecule has 0 spiro atoms. The molecule has 0 amide bonds. The van der Waals surface area contributed by atoms with E-state index in [0.29, 0.717) is 5.92 Å². The predicted octanol–water partition coefficient (Wildman–Crippen LogP) is 3.89. The van der Waals surface area contributed by atoms with Gasteiger partial charge >= 0.3 is 5.97 Å². The van der Waals surface area contributed by atoms with Crippen LogP contribution in [0.25, 0.3) is 0 Å². The van der Waals surface area contributed by atoms with Crippen LogP contribution in [0.4, 0.5) is 0 Å². The molecular formula is C12H21ClO2. The van der Waals surface area contributed by atoms with E-state index in [9.17, 15) is 4.79 Å². The summed E-state index contributed by atoms with van der Waals surface area (Å²) in [5, 5.41) is 0. The van der Waals surface area contributed by atoms with Crippen LogP contribution in [-0.2, 0) is 9.53 Å². The Morgan fingerprint density at radius 2 is 1.93 bits per heavy atom. The summed E-state index contributed by atoms with van der Waals surface area (Å²) < 4.78 is 5.08. The average molecular weight is 233 g/mol. The fraction of sp³-hybridized carbons (Fsp3) is 0.750. The van der Waals surface area contributed by atoms with E-state index in [1.165, 1.54) is 0 Å². The minimum absolute atomic E-state index is 0.0810. The molecule has 0 N–H and O–H groups in total. The smallest absolute Gasteiger partial charge is 0.325 e. The number of carbonyl (C=O) groups is 1. The first kappa shape index (κ1) is 14.5. The molecule has 0 unspecified atom stereocenters. The van der Waals surface area contributed by atoms with E-state index in [1.54, 1.807) is 0 Å². The maximum atomic E-state index is 11.0. The molecule has 0 aromatic heterocycles. The van der Waals surface area contributed by atoms with Crippen molar-refractivity contribution in [1.82, 2.24) is 0 Å². The summed E-state index contributed by atoms with van der Waals surface area (Å²) in [6.07, 6.45) is 6.05. The molecule has 0 aliphatic rings. The summed E-state index contributed by atoms with van der Waals surface area (Å²) >= 11 is 5.37. The molecule has 0 aromatic carbocycles. The van der Waals surface area contributed by atoms with Crippen molar-refractivity contribution in [2.24, 2.45) is 5.92 Å². The van der Waals surface area contributed by atoms with Gasteiger partial charge in [-0.1, -0.05) is 33.6 Å². The third-order valence-electron chi connectivity index (χ3n) is 2.54. The molecule has 0 heterocycles. The molecule has 88 valence electrons. The number of hydrogen-bond donors (Lipinski definition) is 0. The summed E-state index contributed by atoms with van der Waals surface area (Å²) in [6.45, 7) is 6.33. The molecule has 0 rings (SSSR count). The average Bonchev–Trinajstić information content (AvgIpc) is 2.28. The maximum absolute atomic E-state index is 11.0. The topological polar surface area (TPSA) is 26.3 Å². The van der Waals surface area contributed by atoms with E-state index in [-0.39, 0.29) is 11.8 Å². The molecule has 0 aliphatic carbocycles. The minimum atomic E-state index is -0.366. The Balaban J connectivity index is 4.14. The van der Waals surface area contributed by atoms with E-state index >= 15 is 0 Å². The lowest BCUT2D eigenvalue weighted by molar-refractivity contribution is -0.136. The lowest BCUT2D eigenvalue weighted by atomic mass is 9.99. The van der Waals surface area contributed by atoms with Crippen LogP contribution in [0, 0.1) is 5.92 Å². The highest BCUT2D eigenvalue weighted by Gasteiger charge is 2.06. The summed E-state index contributed by atoms with van der Waals surface area (Å²) in [4.78, 5) is 11.0. The van der Waals surface area contributed by atoms with Gasteiger partial charge in [0, 0.05) is 6.42 Å². The van der Waals surface area contributed by atoms with Gasteiger partial charge in [-0.25, -0.2) is 0 Å². The number of alkyl halides is 1. The van der Waals surface area contributed by atoms with Crippen molar-refractivity contribution >= 4 is 17.6 Å². The zero-order valence-electron chi connectivity index (χ0n) is 9.88. The van der Waals surface area contributed by atoms with Crippen molar-refractivity contribution in [3.05, 3.63) is 11.8 Å². The predicted molar refractivity (Wildman–Crippen MR) is 63.9 cm³/mol. The molecule has 15 heavy (non-hydrogen) atoms. The van der Waals surface area contributed by atoms with Crippen LogP contribution < -0.4 is 0 Å². The van der Waals surface area contributed by atoms with Crippen LogP contribution in [0.5, 0.6) is 0 Å². The highest BCUT2D eigenvalue weighted by Crippen LogP contribution is 2.16. The number of allylic oxidation sites excluding steroid dienone is 2. The summed E-state index contributed by atoms with van der Waals surface area (Å²) in [6, 6.07) is 0. The lowest BCUT2D eigenvalue weighted by Crippen LogP contribution is -2.05. The second-order valence-corrected chi connectivity index (χ2v) is 3.82. The van der Waals surface area contributed by atoms with E-state index in [0.717, 1.165) is 31.4 Å². The Bertz CT molecular complexity index is 208. The molecule has 0 aliphatic heterocycles. The van der Waals surface area contributed by atoms with Gasteiger partial charge in [-0.3, -0.25) is 4.79 Å². The van der Waals surface area contributed by atoms with Crippen LogP contribution in [0.2, 0.25) is 0 Å². The van der Waals surface area contributed by atoms with E-state index in [1.807, 2.05) is 13.0 Å². The molecule has 0 saturated carbocycles. The second-order valence-electron chi connectivity index (χ2n) is 3.55. The Morgan fingerprint density at radius 3 is 2.33 bits per heavy atom. The largest absolute Gasteiger partial charge is 0.431 e. The van der Waals surface area contributed by atoms with Gasteiger partial charge in [0.15, 0.2) is 0 Å². The van der Waals surface area contributed by atoms with Gasteiger partial charge in [-0.2, -0.15) is 0 Å². The number of esters is 1. The van der Waals surface area contributed by atoms with Gasteiger partial charge in [0.2, 0.25) is 0 Å². The maximum Gasteiger partial charge on any atom is 0.325 e. The Kier molecular flexibility index (Phi) is 8.49. The Morgan fingerprint density at radius 1 is 1.33 bits per heavy atom. The molecule has 0 atom stereocenters. The molecular weight excluding hydrogens is 212 g/mol. The lowest BCUT2D eigenvalue weighted by Gasteiger charge is -2.10. The van der Waals surface area contributed by atoms with Crippen LogP contribution in [0.3, 0.4) is 0 Å². The van der Waals surface area contributed by atoms with Gasteiger partial charge in [-0.05, 0) is 18.4 Å². The zero-order valence-corrected chi connectivity index (χ0v) is 10.6. The highest BCUT2D eigenvalue weighted by molar-refractivity contribution is 6.26. The van der Waals surface area contributed by atoms with Gasteiger partial charge in [-0.15, -0.1) is 11.6 Å². The van der Waals surface area contributed by atoms with Gasteiger partial charge < -0.3 is 4.74 Å². The second kappa shape index (κ2) is 8.78. The van der Waals surface area contributed by atoms with Crippen LogP contribution in [-0.4, -0.2) is 11.8 Å². The first-order chi connectivity index (χ1) is 7.17. The first-order valence-electron chi connectivity index (χ1n) is 5.63. The van der Waals surface area contributed by atoms with E-state index in [2.05, 4.69) is 13.8 Å². The van der Waals surface area contributed by atoms with Crippen LogP contribution in [0.1, 0.15) is 46.5 Å². The molecule has 0 saturated heterocycles. The number of carbonyl (C=O) groups excluding carboxylic acids is 1. The normalized spacial score (nSPS) is 11.9. The van der Waals surface area contributed by atoms with Crippen molar-refractivity contribution < 1.29 is 9.53 Å². The Labute approximate surface area is 97.6 Å². The van der Waals surface area contributed by atoms with Crippen molar-refractivity contribution in [2.45, 2.75) is 46.5 Å². The van der Waals surface area contributed by atoms with Crippen molar-refractivity contribution in [3.8, 4) is 0 Å². The van der Waals surface area contributed by atoms with Crippen molar-refractivity contribution in [3.63, 3.8) is 0 Å². The fourth-order valence-electron chi connectivity index (χ4n) is 1.35. The molecule has 3 heteroatoms. The van der Waals surface area contributed by atoms with Gasteiger partial charge in [0.1, 0.15) is 11.6 Å². The standard InChI is InChI=1S/C12H21ClO2/c1-4-10(5-2)7-8-11(6-3)15-12(14)9-13/h8,10H,4-7,9H2,1-3H3/b11-8-. The zero-order chi connectivity index (χ0) is 11.7. The third-order valence-corrected chi connectivity index (χ3v) is 2.75. The summed E-state index contributed by atoms with van der Waals surface area (Å²) in [5.74, 6) is 0.977. The summed E-state index contributed by atoms with van der Waals surface area (Å²) in [5.41, 5.74) is 0. The fourth-order valence-corrected chi connectivity index (χ4v) is 1.41. The molecule has 2 nitrogen and oxygen atoms in total. The molecule has 0 fully saturated rings. The Hall–Kier alpha value is -0.500. The minimum Gasteiger partial charge on any atom is -0.431 e. The number of halogens is 1. The van der Waals surface area contributed by atoms with E-state index in [4.69, 9.17) is 16.3 Å². The monoisotopic (exact) mass is 232 g/mol. The number of hydrogen-bond acceptors (Lipinski definition) is 2. The molecule has 0 aromatic rings. The van der Waals surface area contributed by atoms with Gasteiger partial charge in [0.05, 0.1) is 0 Å². The summed E-state index contributed by atoms with van der Waals surface area (Å²) in [7, 11) is 0. The van der Waals surface area contributed by atoms with Crippen molar-refractivity contribution in [1.29, 1.82) is 0 Å². The molecule has 0 radical (unpaired) electrons. The van der Waals surface area contributed by atoms with Crippen LogP contribution >= 0.6 is 11.6 Å². The quantitative estimate of drug-likeness (QED) is 0.378. The third kappa shape index (κ3) is 6.56. The van der Waals surface area contributed by atoms with Gasteiger partial charge in [0.25, 0.3) is 0 Å². The first-order valence-corrected chi connectivity index (χ1v) is 6.16. The number of rotatable bonds is 7. The van der Waals surface area contributed by atoms with E-state index < -0.39 is 0 Å². The number of ether oxygens (including phenoxy) is 1. The highest BCUT2D eigenvalue weighted by atomic mass is 35.5.